The summed E-state index contributed by atoms with van der Waals surface area (Å²) in [5, 5.41) is 0. The Balaban J connectivity index is 0.000000698. The Morgan fingerprint density at radius 1 is 0.299 bits per heavy atom. The smallest absolute Gasteiger partial charge is 0.315 e. The van der Waals surface area contributed by atoms with Gasteiger partial charge in [0, 0.05) is 0 Å². The maximum absolute atomic E-state index is 3.82. The van der Waals surface area contributed by atoms with Crippen LogP contribution >= 0.6 is 0 Å². The molecule has 12 rings (SSSR count). The van der Waals surface area contributed by atoms with Gasteiger partial charge < -0.3 is 9.13 Å². The van der Waals surface area contributed by atoms with Crippen LogP contribution < -0.4 is 9.13 Å². The fourth-order valence-electron chi connectivity index (χ4n) is 8.83. The molecule has 0 spiro atoms. The second kappa shape index (κ2) is 19.5. The summed E-state index contributed by atoms with van der Waals surface area (Å²) in [5.74, 6) is 0. The Hall–Kier alpha value is -8.17. The molecule has 0 unspecified atom stereocenters. The maximum Gasteiger partial charge on any atom is 4.00 e. The van der Waals surface area contributed by atoms with E-state index in [0.29, 0.717) is 0 Å². The molecule has 2 aromatic heterocycles. The van der Waals surface area contributed by atoms with Crippen molar-refractivity contribution in [1.82, 2.24) is 9.13 Å². The van der Waals surface area contributed by atoms with Crippen LogP contribution in [0, 0.1) is 24.8 Å². The van der Waals surface area contributed by atoms with Gasteiger partial charge in [0.2, 0.25) is 0 Å². The number of para-hydroxylation sites is 6. The van der Waals surface area contributed by atoms with Crippen LogP contribution in [-0.4, -0.2) is 9.13 Å². The fourth-order valence-corrected chi connectivity index (χ4v) is 8.83. The van der Waals surface area contributed by atoms with Crippen molar-refractivity contribution in [3.05, 3.63) is 280 Å². The van der Waals surface area contributed by atoms with E-state index in [2.05, 4.69) is 268 Å². The van der Waals surface area contributed by atoms with E-state index in [9.17, 15) is 0 Å². The van der Waals surface area contributed by atoms with Crippen LogP contribution in [0.2, 0.25) is 0 Å². The van der Waals surface area contributed by atoms with Crippen LogP contribution in [0.25, 0.3) is 89.3 Å². The SMILES string of the molecule is [Pt+4].[c-]1c(-n2[c-][n+](-c3c(-c4ccccc4)cccc3-c3ccccc3)c3ccccc32)cccc1-n1[c-][n+](-c2c(-c3ccccc3)cccc2-c2ccccc2)c2ccccc21.[c-]1ccccc1. The predicted molar refractivity (Wildman–Crippen MR) is 267 cm³/mol. The van der Waals surface area contributed by atoms with E-state index in [0.717, 1.165) is 89.3 Å². The normalized spacial score (nSPS) is 10.9. The Morgan fingerprint density at radius 3 is 0.940 bits per heavy atom. The quantitative estimate of drug-likeness (QED) is 0.107. The number of nitrogens with zero attached hydrogens (tertiary/aromatic N) is 4. The van der Waals surface area contributed by atoms with E-state index < -0.39 is 0 Å². The summed E-state index contributed by atoms with van der Waals surface area (Å²) >= 11 is 0. The maximum atomic E-state index is 3.82. The summed E-state index contributed by atoms with van der Waals surface area (Å²) in [6, 6.07) is 95.2. The van der Waals surface area contributed by atoms with Gasteiger partial charge in [-0.15, -0.1) is 0 Å². The Morgan fingerprint density at radius 2 is 0.612 bits per heavy atom. The van der Waals surface area contributed by atoms with Crippen LogP contribution in [0.4, 0.5) is 0 Å². The number of aromatic nitrogens is 4. The third kappa shape index (κ3) is 8.48. The van der Waals surface area contributed by atoms with Gasteiger partial charge in [-0.2, -0.15) is 60.7 Å². The van der Waals surface area contributed by atoms with Crippen molar-refractivity contribution in [1.29, 1.82) is 0 Å². The number of rotatable bonds is 8. The van der Waals surface area contributed by atoms with Gasteiger partial charge in [0.25, 0.3) is 12.7 Å². The van der Waals surface area contributed by atoms with E-state index in [4.69, 9.17) is 0 Å². The second-order valence-electron chi connectivity index (χ2n) is 15.9. The molecule has 0 aliphatic rings. The predicted octanol–water partition coefficient (Wildman–Crippen LogP) is 13.7. The van der Waals surface area contributed by atoms with Crippen LogP contribution in [-0.2, 0) is 21.1 Å². The van der Waals surface area contributed by atoms with Crippen LogP contribution in [0.3, 0.4) is 0 Å². The number of hydrogen-bond donors (Lipinski definition) is 0. The molecule has 2 heterocycles. The number of hydrogen-bond acceptors (Lipinski definition) is 0. The molecule has 12 aromatic rings. The fraction of sp³-hybridized carbons (Fsp3) is 0. The Labute approximate surface area is 405 Å². The molecule has 5 heteroatoms. The first-order valence-electron chi connectivity index (χ1n) is 22.1. The van der Waals surface area contributed by atoms with Crippen molar-refractivity contribution in [3.8, 4) is 67.3 Å². The third-order valence-electron chi connectivity index (χ3n) is 11.8. The molecule has 0 aliphatic carbocycles. The molecule has 0 saturated carbocycles. The minimum Gasteiger partial charge on any atom is -0.315 e. The zero-order chi connectivity index (χ0) is 44.1. The standard InChI is InChI=1S/C56H37N4.C6H5.Pt/c1-5-20-41(21-6-1)47-30-18-31-48(42-22-7-2-8-23-42)55(47)59-39-57(51-34-13-15-36-53(51)59)45-28-17-29-46(38-45)58-40-60(54-37-16-14-35-52(54)58)56-49(43-24-9-3-10-25-43)32-19-33-50(56)44-26-11-4-12-27-44;1-2-4-6-5-3-1;/h1-37H;1-5H;/q2*-1;+4. The van der Waals surface area contributed by atoms with Gasteiger partial charge in [0.1, 0.15) is 0 Å². The Bertz CT molecular complexity index is 3200. The summed E-state index contributed by atoms with van der Waals surface area (Å²) in [6.45, 7) is 0. The van der Waals surface area contributed by atoms with Crippen molar-refractivity contribution in [2.75, 3.05) is 0 Å². The first-order chi connectivity index (χ1) is 32.8. The first-order valence-corrected chi connectivity index (χ1v) is 22.1. The molecule has 0 amide bonds. The van der Waals surface area contributed by atoms with Crippen molar-refractivity contribution in [3.63, 3.8) is 0 Å². The summed E-state index contributed by atoms with van der Waals surface area (Å²) in [7, 11) is 0. The van der Waals surface area contributed by atoms with Crippen LogP contribution in [0.5, 0.6) is 0 Å². The Kier molecular flexibility index (Phi) is 12.5. The average molecular weight is 1040 g/mol. The van der Waals surface area contributed by atoms with Gasteiger partial charge in [-0.25, -0.2) is 0 Å². The molecule has 0 bridgehead atoms. The average Bonchev–Trinajstić information content (AvgIpc) is 3.99. The van der Waals surface area contributed by atoms with E-state index >= 15 is 0 Å². The zero-order valence-corrected chi connectivity index (χ0v) is 38.6. The molecule has 318 valence electrons. The molecular formula is C62H42N4Pt+2. The molecule has 10 aromatic carbocycles. The molecule has 0 radical (unpaired) electrons. The minimum atomic E-state index is 0. The summed E-state index contributed by atoms with van der Waals surface area (Å²) < 4.78 is 8.70. The molecule has 67 heavy (non-hydrogen) atoms. The van der Waals surface area contributed by atoms with E-state index in [1.54, 1.807) is 0 Å². The topological polar surface area (TPSA) is 17.6 Å². The van der Waals surface area contributed by atoms with Crippen molar-refractivity contribution in [2.24, 2.45) is 0 Å². The third-order valence-corrected chi connectivity index (χ3v) is 11.8. The van der Waals surface area contributed by atoms with E-state index in [1.807, 2.05) is 30.3 Å². The monoisotopic (exact) mass is 1040 g/mol. The molecular weight excluding hydrogens is 996 g/mol. The number of fused-ring (bicyclic) bond motifs is 2. The van der Waals surface area contributed by atoms with E-state index in [-0.39, 0.29) is 21.1 Å². The molecule has 0 atom stereocenters. The van der Waals surface area contributed by atoms with Gasteiger partial charge >= 0.3 is 21.1 Å². The molecule has 0 fully saturated rings. The van der Waals surface area contributed by atoms with Gasteiger partial charge in [-0.1, -0.05) is 206 Å². The van der Waals surface area contributed by atoms with Crippen molar-refractivity contribution in [2.45, 2.75) is 0 Å². The van der Waals surface area contributed by atoms with Crippen molar-refractivity contribution >= 4 is 22.1 Å². The van der Waals surface area contributed by atoms with Gasteiger partial charge in [0.05, 0.1) is 33.4 Å². The van der Waals surface area contributed by atoms with Crippen molar-refractivity contribution < 1.29 is 30.2 Å². The zero-order valence-electron chi connectivity index (χ0n) is 36.4. The number of benzene rings is 10. The molecule has 4 nitrogen and oxygen atoms in total. The van der Waals surface area contributed by atoms with E-state index in [1.165, 1.54) is 0 Å². The minimum absolute atomic E-state index is 0. The number of imidazole rings is 2. The van der Waals surface area contributed by atoms with Gasteiger partial charge in [-0.05, 0) is 55.9 Å². The largest absolute Gasteiger partial charge is 4.00 e. The van der Waals surface area contributed by atoms with Crippen LogP contribution in [0.15, 0.2) is 255 Å². The second-order valence-corrected chi connectivity index (χ2v) is 15.9. The molecule has 0 N–H and O–H groups in total. The summed E-state index contributed by atoms with van der Waals surface area (Å²) in [5.41, 5.74) is 17.1. The van der Waals surface area contributed by atoms with Gasteiger partial charge in [-0.3, -0.25) is 9.13 Å². The summed E-state index contributed by atoms with van der Waals surface area (Å²) in [4.78, 5) is 0. The first kappa shape index (κ1) is 42.8. The van der Waals surface area contributed by atoms with Gasteiger partial charge in [0.15, 0.2) is 0 Å². The molecule has 0 saturated heterocycles. The molecule has 0 aliphatic heterocycles. The summed E-state index contributed by atoms with van der Waals surface area (Å²) in [6.07, 6.45) is 7.64. The van der Waals surface area contributed by atoms with Crippen LogP contribution in [0.1, 0.15) is 0 Å².